The Labute approximate surface area is 93.0 Å². The maximum Gasteiger partial charge on any atom is 0.341 e. The van der Waals surface area contributed by atoms with Crippen LogP contribution in [-0.4, -0.2) is 24.2 Å². The van der Waals surface area contributed by atoms with Gasteiger partial charge in [0.25, 0.3) is 0 Å². The summed E-state index contributed by atoms with van der Waals surface area (Å²) in [5.41, 5.74) is 0.343. The fraction of sp³-hybridized carbons (Fsp3) is 0.455. The first kappa shape index (κ1) is 12.3. The lowest BCUT2D eigenvalue weighted by molar-refractivity contribution is -0.141. The highest BCUT2D eigenvalue weighted by molar-refractivity contribution is 5.90. The van der Waals surface area contributed by atoms with E-state index < -0.39 is 17.9 Å². The standard InChI is InChI=1S/C11H14O5/c1-6(10(12)13)4-8-5-9(7(2)16-8)11(14)15-3/h5-6H,4H2,1-3H3,(H,12,13). The second-order valence-electron chi connectivity index (χ2n) is 3.62. The largest absolute Gasteiger partial charge is 0.481 e. The van der Waals surface area contributed by atoms with Crippen molar-refractivity contribution >= 4 is 11.9 Å². The molecule has 0 fully saturated rings. The molecule has 0 saturated heterocycles. The molecule has 0 radical (unpaired) electrons. The molecule has 0 aliphatic heterocycles. The van der Waals surface area contributed by atoms with E-state index in [0.29, 0.717) is 17.1 Å². The fourth-order valence-corrected chi connectivity index (χ4v) is 1.35. The molecule has 1 rings (SSSR count). The highest BCUT2D eigenvalue weighted by Crippen LogP contribution is 2.18. The zero-order chi connectivity index (χ0) is 12.3. The molecule has 16 heavy (non-hydrogen) atoms. The Morgan fingerprint density at radius 3 is 2.69 bits per heavy atom. The van der Waals surface area contributed by atoms with Crippen molar-refractivity contribution in [3.8, 4) is 0 Å². The summed E-state index contributed by atoms with van der Waals surface area (Å²) in [5, 5.41) is 8.74. The van der Waals surface area contributed by atoms with Gasteiger partial charge in [0.2, 0.25) is 0 Å². The first-order valence-corrected chi connectivity index (χ1v) is 4.86. The summed E-state index contributed by atoms with van der Waals surface area (Å²) in [4.78, 5) is 21.9. The minimum Gasteiger partial charge on any atom is -0.481 e. The lowest BCUT2D eigenvalue weighted by atomic mass is 10.1. The molecular formula is C11H14O5. The highest BCUT2D eigenvalue weighted by Gasteiger charge is 2.19. The van der Waals surface area contributed by atoms with Crippen LogP contribution in [0.25, 0.3) is 0 Å². The quantitative estimate of drug-likeness (QED) is 0.789. The van der Waals surface area contributed by atoms with E-state index in [1.807, 2.05) is 0 Å². The Morgan fingerprint density at radius 2 is 2.19 bits per heavy atom. The first-order chi connectivity index (χ1) is 7.45. The van der Waals surface area contributed by atoms with E-state index in [2.05, 4.69) is 4.74 Å². The third-order valence-electron chi connectivity index (χ3n) is 2.30. The van der Waals surface area contributed by atoms with E-state index in [4.69, 9.17) is 9.52 Å². The Kier molecular flexibility index (Phi) is 3.71. The number of furan rings is 1. The summed E-state index contributed by atoms with van der Waals surface area (Å²) in [7, 11) is 1.29. The number of carbonyl (C=O) groups excluding carboxylic acids is 1. The van der Waals surface area contributed by atoms with Gasteiger partial charge in [-0.25, -0.2) is 4.79 Å². The summed E-state index contributed by atoms with van der Waals surface area (Å²) < 4.78 is 9.86. The number of aryl methyl sites for hydroxylation is 1. The van der Waals surface area contributed by atoms with Crippen molar-refractivity contribution in [3.05, 3.63) is 23.2 Å². The van der Waals surface area contributed by atoms with Crippen LogP contribution in [0.2, 0.25) is 0 Å². The number of carbonyl (C=O) groups is 2. The molecule has 1 unspecified atom stereocenters. The summed E-state index contributed by atoms with van der Waals surface area (Å²) in [6.07, 6.45) is 0.257. The number of hydrogen-bond donors (Lipinski definition) is 1. The first-order valence-electron chi connectivity index (χ1n) is 4.86. The molecule has 0 aromatic carbocycles. The van der Waals surface area contributed by atoms with Gasteiger partial charge in [0.1, 0.15) is 17.1 Å². The smallest absolute Gasteiger partial charge is 0.341 e. The Morgan fingerprint density at radius 1 is 1.56 bits per heavy atom. The van der Waals surface area contributed by atoms with Crippen molar-refractivity contribution in [2.45, 2.75) is 20.3 Å². The van der Waals surface area contributed by atoms with Crippen LogP contribution >= 0.6 is 0 Å². The molecule has 1 N–H and O–H groups in total. The van der Waals surface area contributed by atoms with Gasteiger partial charge in [-0.1, -0.05) is 6.92 Å². The zero-order valence-corrected chi connectivity index (χ0v) is 9.44. The van der Waals surface area contributed by atoms with Crippen LogP contribution in [0.5, 0.6) is 0 Å². The maximum absolute atomic E-state index is 11.3. The fourth-order valence-electron chi connectivity index (χ4n) is 1.35. The molecule has 5 heteroatoms. The van der Waals surface area contributed by atoms with E-state index in [0.717, 1.165) is 0 Å². The van der Waals surface area contributed by atoms with Crippen LogP contribution in [-0.2, 0) is 16.0 Å². The van der Waals surface area contributed by atoms with Crippen LogP contribution < -0.4 is 0 Å². The molecule has 5 nitrogen and oxygen atoms in total. The van der Waals surface area contributed by atoms with Gasteiger partial charge in [0, 0.05) is 6.42 Å². The van der Waals surface area contributed by atoms with Crippen LogP contribution in [0, 0.1) is 12.8 Å². The molecule has 1 heterocycles. The predicted octanol–water partition coefficient (Wildman–Crippen LogP) is 1.64. The van der Waals surface area contributed by atoms with Gasteiger partial charge in [0.05, 0.1) is 13.0 Å². The zero-order valence-electron chi connectivity index (χ0n) is 9.44. The van der Waals surface area contributed by atoms with Gasteiger partial charge in [-0.2, -0.15) is 0 Å². The number of esters is 1. The molecular weight excluding hydrogens is 212 g/mol. The van der Waals surface area contributed by atoms with Crippen LogP contribution in [0.4, 0.5) is 0 Å². The second kappa shape index (κ2) is 4.83. The van der Waals surface area contributed by atoms with Crippen molar-refractivity contribution in [2.24, 2.45) is 5.92 Å². The Balaban J connectivity index is 2.85. The van der Waals surface area contributed by atoms with Crippen LogP contribution in [0.1, 0.15) is 28.8 Å². The summed E-state index contributed by atoms with van der Waals surface area (Å²) in [5.74, 6) is -0.993. The lowest BCUT2D eigenvalue weighted by Gasteiger charge is -2.01. The van der Waals surface area contributed by atoms with Crippen molar-refractivity contribution in [1.82, 2.24) is 0 Å². The molecule has 0 aliphatic carbocycles. The maximum atomic E-state index is 11.3. The molecule has 1 aromatic heterocycles. The molecule has 0 amide bonds. The highest BCUT2D eigenvalue weighted by atomic mass is 16.5. The van der Waals surface area contributed by atoms with Gasteiger partial charge in [-0.15, -0.1) is 0 Å². The number of carboxylic acids is 1. The normalized spacial score (nSPS) is 12.2. The average Bonchev–Trinajstić information content (AvgIpc) is 2.58. The molecule has 1 aromatic rings. The monoisotopic (exact) mass is 226 g/mol. The van der Waals surface area contributed by atoms with Crippen molar-refractivity contribution in [1.29, 1.82) is 0 Å². The minimum atomic E-state index is -0.895. The number of hydrogen-bond acceptors (Lipinski definition) is 4. The Hall–Kier alpha value is -1.78. The van der Waals surface area contributed by atoms with Gasteiger partial charge in [-0.05, 0) is 13.0 Å². The van der Waals surface area contributed by atoms with Gasteiger partial charge < -0.3 is 14.3 Å². The Bertz CT molecular complexity index is 405. The number of ether oxygens (including phenoxy) is 1. The number of methoxy groups -OCH3 is 1. The molecule has 0 bridgehead atoms. The number of rotatable bonds is 4. The van der Waals surface area contributed by atoms with E-state index in [9.17, 15) is 9.59 Å². The summed E-state index contributed by atoms with van der Waals surface area (Å²) in [6, 6.07) is 1.53. The SMILES string of the molecule is COC(=O)c1cc(CC(C)C(=O)O)oc1C. The van der Waals surface area contributed by atoms with Gasteiger partial charge >= 0.3 is 11.9 Å². The van der Waals surface area contributed by atoms with E-state index >= 15 is 0 Å². The third kappa shape index (κ3) is 2.62. The molecule has 1 atom stereocenters. The third-order valence-corrected chi connectivity index (χ3v) is 2.30. The summed E-state index contributed by atoms with van der Waals surface area (Å²) in [6.45, 7) is 3.22. The molecule has 88 valence electrons. The average molecular weight is 226 g/mol. The number of aliphatic carboxylic acids is 1. The van der Waals surface area contributed by atoms with Crippen molar-refractivity contribution in [3.63, 3.8) is 0 Å². The minimum absolute atomic E-state index is 0.257. The van der Waals surface area contributed by atoms with Crippen LogP contribution in [0.15, 0.2) is 10.5 Å². The molecule has 0 spiro atoms. The van der Waals surface area contributed by atoms with E-state index in [1.165, 1.54) is 13.2 Å². The van der Waals surface area contributed by atoms with Crippen molar-refractivity contribution < 1.29 is 23.8 Å². The molecule has 0 saturated carbocycles. The number of carboxylic acid groups (broad SMARTS) is 1. The van der Waals surface area contributed by atoms with Gasteiger partial charge in [-0.3, -0.25) is 4.79 Å². The lowest BCUT2D eigenvalue weighted by Crippen LogP contribution is -2.11. The second-order valence-corrected chi connectivity index (χ2v) is 3.62. The predicted molar refractivity (Wildman–Crippen MR) is 55.3 cm³/mol. The van der Waals surface area contributed by atoms with Gasteiger partial charge in [0.15, 0.2) is 0 Å². The molecule has 0 aliphatic rings. The summed E-state index contributed by atoms with van der Waals surface area (Å²) >= 11 is 0. The van der Waals surface area contributed by atoms with Crippen LogP contribution in [0.3, 0.4) is 0 Å². The van der Waals surface area contributed by atoms with E-state index in [1.54, 1.807) is 13.8 Å². The topological polar surface area (TPSA) is 76.7 Å². The van der Waals surface area contributed by atoms with E-state index in [-0.39, 0.29) is 6.42 Å². The van der Waals surface area contributed by atoms with Crippen molar-refractivity contribution in [2.75, 3.05) is 7.11 Å².